The highest BCUT2D eigenvalue weighted by Crippen LogP contribution is 2.27. The largest absolute Gasteiger partial charge is 0.447 e. The van der Waals surface area contributed by atoms with E-state index in [1.807, 2.05) is 30.3 Å². The summed E-state index contributed by atoms with van der Waals surface area (Å²) in [6.07, 6.45) is -1.05. The first-order valence-corrected chi connectivity index (χ1v) is 6.78. The summed E-state index contributed by atoms with van der Waals surface area (Å²) in [5.41, 5.74) is 0.961. The molecule has 21 heavy (non-hydrogen) atoms. The first kappa shape index (κ1) is 13.6. The third kappa shape index (κ3) is 2.37. The molecule has 0 aromatic heterocycles. The third-order valence-corrected chi connectivity index (χ3v) is 3.61. The summed E-state index contributed by atoms with van der Waals surface area (Å²) in [5, 5.41) is 3.97. The van der Waals surface area contributed by atoms with Crippen molar-refractivity contribution in [2.45, 2.75) is 31.9 Å². The van der Waals surface area contributed by atoms with E-state index in [0.29, 0.717) is 12.1 Å². The topological polar surface area (TPSA) is 68.2 Å². The first-order valence-electron chi connectivity index (χ1n) is 6.78. The Labute approximate surface area is 122 Å². The van der Waals surface area contributed by atoms with E-state index in [2.05, 4.69) is 5.16 Å². The third-order valence-electron chi connectivity index (χ3n) is 3.61. The fourth-order valence-electron chi connectivity index (χ4n) is 2.46. The summed E-state index contributed by atoms with van der Waals surface area (Å²) >= 11 is 0. The van der Waals surface area contributed by atoms with Crippen LogP contribution < -0.4 is 0 Å². The minimum Gasteiger partial charge on any atom is -0.447 e. The molecule has 1 atom stereocenters. The smallest absolute Gasteiger partial charge is 0.417 e. The number of imide groups is 1. The predicted octanol–water partition coefficient (Wildman–Crippen LogP) is 1.94. The second-order valence-electron chi connectivity index (χ2n) is 5.74. The molecule has 6 nitrogen and oxygen atoms in total. The van der Waals surface area contributed by atoms with E-state index in [1.54, 1.807) is 13.8 Å². The van der Waals surface area contributed by atoms with E-state index in [1.165, 1.54) is 0 Å². The Kier molecular flexibility index (Phi) is 3.16. The van der Waals surface area contributed by atoms with Gasteiger partial charge >= 0.3 is 6.09 Å². The standard InChI is InChI=1S/C15H16N2O4/c1-15(2)9-20-14(19)17(15)13(18)12-8-11(16-21-12)10-6-4-3-5-7-10/h3-7,12H,8-9H2,1-2H3. The van der Waals surface area contributed by atoms with Crippen LogP contribution in [0.1, 0.15) is 25.8 Å². The molecular weight excluding hydrogens is 272 g/mol. The zero-order chi connectivity index (χ0) is 15.0. The van der Waals surface area contributed by atoms with Crippen LogP contribution in [0.4, 0.5) is 4.79 Å². The van der Waals surface area contributed by atoms with E-state index in [4.69, 9.17) is 9.57 Å². The number of carbonyl (C=O) groups excluding carboxylic acids is 2. The molecule has 0 bridgehead atoms. The van der Waals surface area contributed by atoms with Gasteiger partial charge < -0.3 is 9.57 Å². The molecule has 6 heteroatoms. The summed E-state index contributed by atoms with van der Waals surface area (Å²) in [6.45, 7) is 3.75. The molecule has 2 aliphatic heterocycles. The van der Waals surface area contributed by atoms with Gasteiger partial charge in [-0.25, -0.2) is 9.69 Å². The lowest BCUT2D eigenvalue weighted by molar-refractivity contribution is -0.141. The van der Waals surface area contributed by atoms with Crippen LogP contribution in [0, 0.1) is 0 Å². The maximum atomic E-state index is 12.5. The van der Waals surface area contributed by atoms with E-state index in [9.17, 15) is 9.59 Å². The number of nitrogens with zero attached hydrogens (tertiary/aromatic N) is 2. The van der Waals surface area contributed by atoms with Gasteiger partial charge in [0.2, 0.25) is 6.10 Å². The van der Waals surface area contributed by atoms with Gasteiger partial charge in [-0.2, -0.15) is 0 Å². The molecule has 1 aromatic carbocycles. The average Bonchev–Trinajstić information content (AvgIpc) is 3.05. The van der Waals surface area contributed by atoms with Crippen LogP contribution in [0.2, 0.25) is 0 Å². The molecular formula is C15H16N2O4. The number of oxime groups is 1. The molecule has 1 saturated heterocycles. The quantitative estimate of drug-likeness (QED) is 0.834. The van der Waals surface area contributed by atoms with Gasteiger partial charge in [-0.05, 0) is 19.4 Å². The van der Waals surface area contributed by atoms with Crippen LogP contribution in [0.25, 0.3) is 0 Å². The zero-order valence-corrected chi connectivity index (χ0v) is 11.9. The molecule has 0 aliphatic carbocycles. The Hall–Kier alpha value is -2.37. The number of hydrogen-bond donors (Lipinski definition) is 0. The molecule has 1 aromatic rings. The molecule has 2 heterocycles. The number of rotatable bonds is 2. The molecule has 110 valence electrons. The molecule has 0 N–H and O–H groups in total. The van der Waals surface area contributed by atoms with E-state index in [0.717, 1.165) is 10.5 Å². The molecule has 1 fully saturated rings. The first-order chi connectivity index (χ1) is 9.99. The SMILES string of the molecule is CC1(C)COC(=O)N1C(=O)C1CC(c2ccccc2)=NO1. The van der Waals surface area contributed by atoms with Gasteiger partial charge in [0.25, 0.3) is 5.91 Å². The Morgan fingerprint density at radius 2 is 2.05 bits per heavy atom. The minimum absolute atomic E-state index is 0.191. The number of hydrogen-bond acceptors (Lipinski definition) is 5. The highest BCUT2D eigenvalue weighted by atomic mass is 16.6. The van der Waals surface area contributed by atoms with Gasteiger partial charge in [0.1, 0.15) is 6.61 Å². The summed E-state index contributed by atoms with van der Waals surface area (Å²) in [6, 6.07) is 9.51. The van der Waals surface area contributed by atoms with Crippen molar-refractivity contribution in [1.82, 2.24) is 4.90 Å². The van der Waals surface area contributed by atoms with Gasteiger partial charge in [0, 0.05) is 6.42 Å². The lowest BCUT2D eigenvalue weighted by Crippen LogP contribution is -2.50. The van der Waals surface area contributed by atoms with Gasteiger partial charge in [-0.15, -0.1) is 0 Å². The van der Waals surface area contributed by atoms with E-state index in [-0.39, 0.29) is 6.61 Å². The van der Waals surface area contributed by atoms with Crippen LogP contribution in [-0.2, 0) is 14.4 Å². The number of cyclic esters (lactones) is 1. The van der Waals surface area contributed by atoms with Crippen molar-refractivity contribution in [3.05, 3.63) is 35.9 Å². The summed E-state index contributed by atoms with van der Waals surface area (Å²) < 4.78 is 4.95. The molecule has 2 amide bonds. The Bertz CT molecular complexity index is 609. The average molecular weight is 288 g/mol. The minimum atomic E-state index is -0.773. The monoisotopic (exact) mass is 288 g/mol. The Balaban J connectivity index is 1.73. The fraction of sp³-hybridized carbons (Fsp3) is 0.400. The number of carbonyl (C=O) groups is 2. The summed E-state index contributed by atoms with van der Waals surface area (Å²) in [4.78, 5) is 30.6. The normalized spacial score (nSPS) is 23.5. The van der Waals surface area contributed by atoms with Gasteiger partial charge in [0.15, 0.2) is 0 Å². The maximum Gasteiger partial charge on any atom is 0.417 e. The van der Waals surface area contributed by atoms with E-state index < -0.39 is 23.6 Å². The van der Waals surface area contributed by atoms with Crippen molar-refractivity contribution >= 4 is 17.7 Å². The molecule has 0 spiro atoms. The van der Waals surface area contributed by atoms with E-state index >= 15 is 0 Å². The summed E-state index contributed by atoms with van der Waals surface area (Å²) in [5.74, 6) is -0.405. The molecule has 1 unspecified atom stereocenters. The zero-order valence-electron chi connectivity index (χ0n) is 11.9. The highest BCUT2D eigenvalue weighted by Gasteiger charge is 2.48. The van der Waals surface area contributed by atoms with Crippen molar-refractivity contribution in [3.63, 3.8) is 0 Å². The number of ether oxygens (including phenoxy) is 1. The van der Waals surface area contributed by atoms with Gasteiger partial charge in [-0.3, -0.25) is 4.79 Å². The van der Waals surface area contributed by atoms with Crippen LogP contribution in [0.3, 0.4) is 0 Å². The predicted molar refractivity (Wildman–Crippen MR) is 74.7 cm³/mol. The lowest BCUT2D eigenvalue weighted by atomic mass is 10.0. The van der Waals surface area contributed by atoms with Crippen molar-refractivity contribution in [3.8, 4) is 0 Å². The molecule has 0 radical (unpaired) electrons. The van der Waals surface area contributed by atoms with Gasteiger partial charge in [0.05, 0.1) is 11.3 Å². The van der Waals surface area contributed by atoms with Crippen molar-refractivity contribution in [2.75, 3.05) is 6.61 Å². The number of benzene rings is 1. The molecule has 0 saturated carbocycles. The number of amides is 2. The second kappa shape index (κ2) is 4.87. The fourth-order valence-corrected chi connectivity index (χ4v) is 2.46. The van der Waals surface area contributed by atoms with Crippen LogP contribution in [-0.4, -0.2) is 40.9 Å². The summed E-state index contributed by atoms with van der Waals surface area (Å²) in [7, 11) is 0. The van der Waals surface area contributed by atoms with Gasteiger partial charge in [-0.1, -0.05) is 35.5 Å². The lowest BCUT2D eigenvalue weighted by Gasteiger charge is -2.27. The van der Waals surface area contributed by atoms with Crippen molar-refractivity contribution < 1.29 is 19.2 Å². The maximum absolute atomic E-state index is 12.5. The highest BCUT2D eigenvalue weighted by molar-refractivity contribution is 6.06. The van der Waals surface area contributed by atoms with Crippen molar-refractivity contribution in [1.29, 1.82) is 0 Å². The Morgan fingerprint density at radius 3 is 2.67 bits per heavy atom. The van der Waals surface area contributed by atoms with Crippen LogP contribution in [0.5, 0.6) is 0 Å². The second-order valence-corrected chi connectivity index (χ2v) is 5.74. The Morgan fingerprint density at radius 1 is 1.33 bits per heavy atom. The van der Waals surface area contributed by atoms with Crippen molar-refractivity contribution in [2.24, 2.45) is 5.16 Å². The van der Waals surface area contributed by atoms with Crippen LogP contribution >= 0.6 is 0 Å². The van der Waals surface area contributed by atoms with Crippen LogP contribution in [0.15, 0.2) is 35.5 Å². The molecule has 2 aliphatic rings. The molecule has 3 rings (SSSR count).